The van der Waals surface area contributed by atoms with Crippen LogP contribution in [-0.4, -0.2) is 19.7 Å². The summed E-state index contributed by atoms with van der Waals surface area (Å²) < 4.78 is 75.7. The van der Waals surface area contributed by atoms with Crippen LogP contribution in [0.4, 0.5) is 32.3 Å². The number of nitrogens with one attached hydrogen (secondary N) is 1. The monoisotopic (exact) mass is 312 g/mol. The van der Waals surface area contributed by atoms with Crippen LogP contribution in [0.1, 0.15) is 11.3 Å². The molecule has 21 heavy (non-hydrogen) atoms. The molecule has 6 nitrogen and oxygen atoms in total. The van der Waals surface area contributed by atoms with E-state index >= 15 is 0 Å². The van der Waals surface area contributed by atoms with Crippen LogP contribution in [0.15, 0.2) is 18.5 Å². The highest BCUT2D eigenvalue weighted by atomic mass is 19.4. The summed E-state index contributed by atoms with van der Waals surface area (Å²) in [6, 6.07) is 0.452. The van der Waals surface area contributed by atoms with Crippen LogP contribution in [0.3, 0.4) is 0 Å². The molecule has 0 saturated heterocycles. The average molecular weight is 312 g/mol. The van der Waals surface area contributed by atoms with Crippen molar-refractivity contribution in [2.45, 2.75) is 12.4 Å². The third kappa shape index (κ3) is 3.21. The molecule has 0 fully saturated rings. The van der Waals surface area contributed by atoms with E-state index < -0.39 is 35.4 Å². The highest BCUT2D eigenvalue weighted by Crippen LogP contribution is 2.31. The second-order valence-electron chi connectivity index (χ2n) is 3.75. The molecule has 2 rings (SSSR count). The first-order valence-electron chi connectivity index (χ1n) is 5.16. The summed E-state index contributed by atoms with van der Waals surface area (Å²) in [5.74, 6) is 3.81. The number of rotatable bonds is 2. The topological polar surface area (TPSA) is 81.6 Å². The van der Waals surface area contributed by atoms with Gasteiger partial charge in [-0.15, -0.1) is 0 Å². The van der Waals surface area contributed by atoms with E-state index in [0.29, 0.717) is 23.1 Å². The highest BCUT2D eigenvalue weighted by Gasteiger charge is 2.35. The Kier molecular flexibility index (Phi) is 3.49. The van der Waals surface area contributed by atoms with Crippen LogP contribution in [0, 0.1) is 0 Å². The highest BCUT2D eigenvalue weighted by molar-refractivity contribution is 5.35. The molecule has 0 amide bonds. The fraction of sp³-hybridized carbons (Fsp3) is 0.222. The van der Waals surface area contributed by atoms with Crippen molar-refractivity contribution < 1.29 is 26.3 Å². The molecule has 2 heterocycles. The number of nitrogens with two attached hydrogens (primary N) is 1. The maximum Gasteiger partial charge on any atom is 0.433 e. The number of anilines is 1. The molecule has 0 aliphatic heterocycles. The number of halogens is 6. The number of hydrazine groups is 1. The van der Waals surface area contributed by atoms with Crippen LogP contribution < -0.4 is 11.3 Å². The number of alkyl halides is 6. The first kappa shape index (κ1) is 15.0. The van der Waals surface area contributed by atoms with Gasteiger partial charge in [-0.25, -0.2) is 15.5 Å². The minimum atomic E-state index is -4.82. The van der Waals surface area contributed by atoms with Gasteiger partial charge in [-0.1, -0.05) is 0 Å². The fourth-order valence-corrected chi connectivity index (χ4v) is 1.36. The molecule has 0 aromatic carbocycles. The zero-order valence-corrected chi connectivity index (χ0v) is 9.87. The summed E-state index contributed by atoms with van der Waals surface area (Å²) in [5, 5.41) is 3.32. The Hall–Kier alpha value is -2.37. The summed E-state index contributed by atoms with van der Waals surface area (Å²) in [5.41, 5.74) is -0.698. The predicted octanol–water partition coefficient (Wildman–Crippen LogP) is 1.99. The molecule has 0 aliphatic rings. The Morgan fingerprint density at radius 3 is 2.19 bits per heavy atom. The number of hydrogen-bond donors (Lipinski definition) is 2. The molecule has 0 unspecified atom stereocenters. The van der Waals surface area contributed by atoms with Gasteiger partial charge in [0.2, 0.25) is 5.95 Å². The second-order valence-corrected chi connectivity index (χ2v) is 3.75. The van der Waals surface area contributed by atoms with E-state index in [9.17, 15) is 26.3 Å². The van der Waals surface area contributed by atoms with Crippen LogP contribution >= 0.6 is 0 Å². The lowest BCUT2D eigenvalue weighted by Gasteiger charge is -2.09. The van der Waals surface area contributed by atoms with Crippen molar-refractivity contribution in [3.05, 3.63) is 29.7 Å². The van der Waals surface area contributed by atoms with Crippen LogP contribution in [0.25, 0.3) is 5.82 Å². The number of hydrogen-bond acceptors (Lipinski definition) is 5. The van der Waals surface area contributed by atoms with Gasteiger partial charge in [-0.2, -0.15) is 36.4 Å². The van der Waals surface area contributed by atoms with Crippen molar-refractivity contribution in [2.24, 2.45) is 5.84 Å². The van der Waals surface area contributed by atoms with Gasteiger partial charge in [0.05, 0.1) is 11.8 Å². The lowest BCUT2D eigenvalue weighted by Crippen LogP contribution is -2.17. The summed E-state index contributed by atoms with van der Waals surface area (Å²) in [6.07, 6.45) is -8.52. The SMILES string of the molecule is NNc1nc(-n2cc(C(F)(F)F)cn2)cc(C(F)(F)F)n1. The molecular formula is C9H6F6N6. The van der Waals surface area contributed by atoms with Crippen LogP contribution in [0.2, 0.25) is 0 Å². The lowest BCUT2D eigenvalue weighted by atomic mass is 10.3. The smallest absolute Gasteiger partial charge is 0.292 e. The molecule has 0 spiro atoms. The van der Waals surface area contributed by atoms with Gasteiger partial charge >= 0.3 is 12.4 Å². The third-order valence-electron chi connectivity index (χ3n) is 2.28. The first-order valence-corrected chi connectivity index (χ1v) is 5.16. The Morgan fingerprint density at radius 2 is 1.71 bits per heavy atom. The minimum Gasteiger partial charge on any atom is -0.292 e. The molecule has 12 heteroatoms. The van der Waals surface area contributed by atoms with E-state index in [2.05, 4.69) is 15.1 Å². The Labute approximate surface area is 112 Å². The summed E-state index contributed by atoms with van der Waals surface area (Å²) in [7, 11) is 0. The van der Waals surface area contributed by atoms with Crippen molar-refractivity contribution in [1.82, 2.24) is 19.7 Å². The van der Waals surface area contributed by atoms with Gasteiger partial charge in [0, 0.05) is 12.3 Å². The second kappa shape index (κ2) is 4.87. The van der Waals surface area contributed by atoms with Crippen LogP contribution in [-0.2, 0) is 12.4 Å². The molecule has 0 saturated carbocycles. The maximum atomic E-state index is 12.6. The molecule has 2 aromatic rings. The van der Waals surface area contributed by atoms with Gasteiger partial charge in [-0.3, -0.25) is 5.43 Å². The Bertz CT molecular complexity index is 645. The lowest BCUT2D eigenvalue weighted by molar-refractivity contribution is -0.141. The van der Waals surface area contributed by atoms with Crippen molar-refractivity contribution in [2.75, 3.05) is 5.43 Å². The molecule has 0 aliphatic carbocycles. The van der Waals surface area contributed by atoms with Crippen molar-refractivity contribution in [3.8, 4) is 5.82 Å². The molecule has 0 radical (unpaired) electrons. The van der Waals surface area contributed by atoms with E-state index in [4.69, 9.17) is 5.84 Å². The molecule has 0 bridgehead atoms. The molecular weight excluding hydrogens is 306 g/mol. The quantitative estimate of drug-likeness (QED) is 0.503. The number of nitrogens with zero attached hydrogens (tertiary/aromatic N) is 4. The van der Waals surface area contributed by atoms with E-state index in [1.54, 1.807) is 5.43 Å². The molecule has 114 valence electrons. The molecule has 3 N–H and O–H groups in total. The van der Waals surface area contributed by atoms with E-state index in [1.165, 1.54) is 0 Å². The Morgan fingerprint density at radius 1 is 1.05 bits per heavy atom. The van der Waals surface area contributed by atoms with Gasteiger partial charge < -0.3 is 0 Å². The summed E-state index contributed by atoms with van der Waals surface area (Å²) >= 11 is 0. The summed E-state index contributed by atoms with van der Waals surface area (Å²) in [6.45, 7) is 0. The van der Waals surface area contributed by atoms with Crippen molar-refractivity contribution in [1.29, 1.82) is 0 Å². The fourth-order valence-electron chi connectivity index (χ4n) is 1.36. The normalized spacial score (nSPS) is 12.5. The molecule has 0 atom stereocenters. The van der Waals surface area contributed by atoms with Gasteiger partial charge in [-0.05, 0) is 0 Å². The predicted molar refractivity (Wildman–Crippen MR) is 57.0 cm³/mol. The number of nitrogen functional groups attached to an aromatic ring is 1. The zero-order chi connectivity index (χ0) is 15.8. The minimum absolute atomic E-state index is 0.452. The Balaban J connectivity index is 2.51. The largest absolute Gasteiger partial charge is 0.433 e. The van der Waals surface area contributed by atoms with Gasteiger partial charge in [0.1, 0.15) is 0 Å². The van der Waals surface area contributed by atoms with E-state index in [1.807, 2.05) is 0 Å². The zero-order valence-electron chi connectivity index (χ0n) is 9.87. The summed E-state index contributed by atoms with van der Waals surface area (Å²) in [4.78, 5) is 6.59. The number of aromatic nitrogens is 4. The van der Waals surface area contributed by atoms with E-state index in [-0.39, 0.29) is 0 Å². The average Bonchev–Trinajstić information content (AvgIpc) is 2.86. The maximum absolute atomic E-state index is 12.6. The van der Waals surface area contributed by atoms with Gasteiger partial charge in [0.25, 0.3) is 0 Å². The van der Waals surface area contributed by atoms with Gasteiger partial charge in [0.15, 0.2) is 11.5 Å². The molecule has 2 aromatic heterocycles. The van der Waals surface area contributed by atoms with Crippen molar-refractivity contribution in [3.63, 3.8) is 0 Å². The first-order chi connectivity index (χ1) is 9.61. The standard InChI is InChI=1S/C9H6F6N6/c10-8(11,12)4-2-17-21(3-4)6-1-5(9(13,14)15)18-7(19-6)20-16/h1-3H,16H2,(H,18,19,20). The van der Waals surface area contributed by atoms with E-state index in [0.717, 1.165) is 0 Å². The van der Waals surface area contributed by atoms with Crippen molar-refractivity contribution >= 4 is 5.95 Å². The van der Waals surface area contributed by atoms with Crippen LogP contribution in [0.5, 0.6) is 0 Å². The third-order valence-corrected chi connectivity index (χ3v) is 2.28.